The molecule has 0 bridgehead atoms. The van der Waals surface area contributed by atoms with E-state index in [2.05, 4.69) is 10.1 Å². The lowest BCUT2D eigenvalue weighted by atomic mass is 10.1. The van der Waals surface area contributed by atoms with Gasteiger partial charge in [0.2, 0.25) is 0 Å². The van der Waals surface area contributed by atoms with Gasteiger partial charge in [0.1, 0.15) is 5.75 Å². The van der Waals surface area contributed by atoms with Gasteiger partial charge in [-0.2, -0.15) is 0 Å². The monoisotopic (exact) mass is 365 g/mol. The Bertz CT molecular complexity index is 988. The van der Waals surface area contributed by atoms with Crippen molar-refractivity contribution in [3.05, 3.63) is 58.5 Å². The summed E-state index contributed by atoms with van der Waals surface area (Å²) in [4.78, 5) is 12.0. The van der Waals surface area contributed by atoms with Gasteiger partial charge in [0, 0.05) is 25.8 Å². The molecule has 0 fully saturated rings. The maximum Gasteiger partial charge on any atom is 0.573 e. The summed E-state index contributed by atoms with van der Waals surface area (Å²) in [6.45, 7) is 1.90. The first kappa shape index (κ1) is 17.9. The van der Waals surface area contributed by atoms with E-state index in [1.807, 2.05) is 25.1 Å². The molecular formula is C18H18F3N3O2. The third-order valence-corrected chi connectivity index (χ3v) is 4.27. The second-order valence-corrected chi connectivity index (χ2v) is 6.09. The molecule has 5 nitrogen and oxygen atoms in total. The number of alkyl halides is 3. The normalized spacial score (nSPS) is 13.0. The van der Waals surface area contributed by atoms with Gasteiger partial charge in [-0.15, -0.1) is 13.2 Å². The molecule has 0 aliphatic rings. The van der Waals surface area contributed by atoms with Crippen LogP contribution in [0.1, 0.15) is 18.5 Å². The molecule has 0 spiro atoms. The molecule has 0 saturated carbocycles. The summed E-state index contributed by atoms with van der Waals surface area (Å²) in [6, 6.07) is 11.2. The predicted octanol–water partition coefficient (Wildman–Crippen LogP) is 3.95. The number of aromatic nitrogens is 2. The van der Waals surface area contributed by atoms with Crippen molar-refractivity contribution >= 4 is 16.7 Å². The van der Waals surface area contributed by atoms with E-state index in [4.69, 9.17) is 0 Å². The Hall–Kier alpha value is -2.90. The number of anilines is 1. The topological polar surface area (TPSA) is 48.2 Å². The van der Waals surface area contributed by atoms with Gasteiger partial charge in [-0.1, -0.05) is 12.1 Å². The number of hydrogen-bond acceptors (Lipinski definition) is 3. The second-order valence-electron chi connectivity index (χ2n) is 6.09. The molecule has 0 saturated heterocycles. The Labute approximate surface area is 147 Å². The minimum Gasteiger partial charge on any atom is -0.406 e. The maximum atomic E-state index is 12.2. The van der Waals surface area contributed by atoms with E-state index < -0.39 is 6.36 Å². The highest BCUT2D eigenvalue weighted by Crippen LogP contribution is 2.26. The van der Waals surface area contributed by atoms with Crippen molar-refractivity contribution in [2.75, 3.05) is 5.32 Å². The van der Waals surface area contributed by atoms with Crippen molar-refractivity contribution in [2.24, 2.45) is 14.1 Å². The van der Waals surface area contributed by atoms with E-state index in [0.717, 1.165) is 22.3 Å². The molecule has 3 aromatic rings. The van der Waals surface area contributed by atoms with E-state index in [1.54, 1.807) is 35.4 Å². The molecule has 8 heteroatoms. The van der Waals surface area contributed by atoms with E-state index in [0.29, 0.717) is 0 Å². The Morgan fingerprint density at radius 3 is 2.23 bits per heavy atom. The summed E-state index contributed by atoms with van der Waals surface area (Å²) in [5.41, 5.74) is 3.13. The third-order valence-electron chi connectivity index (χ3n) is 4.27. The SMILES string of the molecule is CC(Nc1ccc2c(c1)n(C)c(=O)n2C)c1ccc(OC(F)(F)F)cc1. The van der Waals surface area contributed by atoms with Gasteiger partial charge in [0.25, 0.3) is 0 Å². The number of halogens is 3. The maximum absolute atomic E-state index is 12.2. The zero-order valence-corrected chi connectivity index (χ0v) is 14.5. The van der Waals surface area contributed by atoms with Gasteiger partial charge in [0.05, 0.1) is 11.0 Å². The fourth-order valence-corrected chi connectivity index (χ4v) is 2.89. The zero-order chi connectivity index (χ0) is 19.1. The lowest BCUT2D eigenvalue weighted by Gasteiger charge is -2.17. The summed E-state index contributed by atoms with van der Waals surface area (Å²) in [5.74, 6) is -0.255. The Morgan fingerprint density at radius 2 is 1.62 bits per heavy atom. The van der Waals surface area contributed by atoms with Crippen LogP contribution in [-0.2, 0) is 14.1 Å². The van der Waals surface area contributed by atoms with E-state index in [9.17, 15) is 18.0 Å². The van der Waals surface area contributed by atoms with Crippen molar-refractivity contribution in [2.45, 2.75) is 19.3 Å². The van der Waals surface area contributed by atoms with Gasteiger partial charge < -0.3 is 10.1 Å². The molecule has 1 aromatic heterocycles. The number of imidazole rings is 1. The average molecular weight is 365 g/mol. The summed E-state index contributed by atoms with van der Waals surface area (Å²) >= 11 is 0. The molecule has 2 aromatic carbocycles. The van der Waals surface area contributed by atoms with Gasteiger partial charge in [-0.05, 0) is 42.8 Å². The van der Waals surface area contributed by atoms with Crippen LogP contribution in [-0.4, -0.2) is 15.5 Å². The number of ether oxygens (including phenoxy) is 1. The van der Waals surface area contributed by atoms with Crippen LogP contribution in [0.15, 0.2) is 47.3 Å². The Kier molecular flexibility index (Phi) is 4.43. The fraction of sp³-hybridized carbons (Fsp3) is 0.278. The van der Waals surface area contributed by atoms with Crippen LogP contribution < -0.4 is 15.7 Å². The largest absolute Gasteiger partial charge is 0.573 e. The summed E-state index contributed by atoms with van der Waals surface area (Å²) in [6.07, 6.45) is -4.70. The first-order valence-corrected chi connectivity index (χ1v) is 7.93. The first-order valence-electron chi connectivity index (χ1n) is 7.93. The minimum atomic E-state index is -4.70. The van der Waals surface area contributed by atoms with E-state index in [1.165, 1.54) is 12.1 Å². The summed E-state index contributed by atoms with van der Waals surface area (Å²) < 4.78 is 43.7. The molecule has 1 N–H and O–H groups in total. The lowest BCUT2D eigenvalue weighted by Crippen LogP contribution is -2.19. The molecular weight excluding hydrogens is 347 g/mol. The molecule has 0 amide bonds. The predicted molar refractivity (Wildman–Crippen MR) is 93.3 cm³/mol. The van der Waals surface area contributed by atoms with Crippen molar-refractivity contribution in [1.29, 1.82) is 0 Å². The molecule has 3 rings (SSSR count). The summed E-state index contributed by atoms with van der Waals surface area (Å²) in [7, 11) is 3.42. The standard InChI is InChI=1S/C18H18F3N3O2/c1-11(12-4-7-14(8-5-12)26-18(19,20)21)22-13-6-9-15-16(10-13)24(3)17(25)23(15)2/h4-11,22H,1-3H3. The molecule has 0 aliphatic heterocycles. The number of nitrogens with one attached hydrogen (secondary N) is 1. The van der Waals surface area contributed by atoms with Gasteiger partial charge in [-0.25, -0.2) is 4.79 Å². The van der Waals surface area contributed by atoms with Crippen LogP contribution >= 0.6 is 0 Å². The zero-order valence-electron chi connectivity index (χ0n) is 14.5. The van der Waals surface area contributed by atoms with Crippen LogP contribution in [0.2, 0.25) is 0 Å². The van der Waals surface area contributed by atoms with Crippen molar-refractivity contribution in [1.82, 2.24) is 9.13 Å². The quantitative estimate of drug-likeness (QED) is 0.762. The minimum absolute atomic E-state index is 0.106. The highest BCUT2D eigenvalue weighted by molar-refractivity contribution is 5.80. The molecule has 1 atom stereocenters. The van der Waals surface area contributed by atoms with Crippen LogP contribution in [0.4, 0.5) is 18.9 Å². The van der Waals surface area contributed by atoms with E-state index in [-0.39, 0.29) is 17.5 Å². The van der Waals surface area contributed by atoms with Crippen LogP contribution in [0.25, 0.3) is 11.0 Å². The summed E-state index contributed by atoms with van der Waals surface area (Å²) in [5, 5.41) is 3.29. The highest BCUT2D eigenvalue weighted by atomic mass is 19.4. The van der Waals surface area contributed by atoms with Gasteiger partial charge >= 0.3 is 12.1 Å². The van der Waals surface area contributed by atoms with Crippen LogP contribution in [0, 0.1) is 0 Å². The molecule has 138 valence electrons. The number of aryl methyl sites for hydroxylation is 2. The fourth-order valence-electron chi connectivity index (χ4n) is 2.89. The van der Waals surface area contributed by atoms with Crippen molar-refractivity contribution in [3.8, 4) is 5.75 Å². The van der Waals surface area contributed by atoms with Crippen molar-refractivity contribution < 1.29 is 17.9 Å². The van der Waals surface area contributed by atoms with Crippen LogP contribution in [0.5, 0.6) is 5.75 Å². The number of benzene rings is 2. The highest BCUT2D eigenvalue weighted by Gasteiger charge is 2.31. The molecule has 0 aliphatic carbocycles. The Balaban J connectivity index is 1.79. The number of rotatable bonds is 4. The number of fused-ring (bicyclic) bond motifs is 1. The van der Waals surface area contributed by atoms with Crippen molar-refractivity contribution in [3.63, 3.8) is 0 Å². The molecule has 1 heterocycles. The van der Waals surface area contributed by atoms with Gasteiger partial charge in [0.15, 0.2) is 0 Å². The molecule has 0 radical (unpaired) electrons. The lowest BCUT2D eigenvalue weighted by molar-refractivity contribution is -0.274. The molecule has 1 unspecified atom stereocenters. The molecule has 26 heavy (non-hydrogen) atoms. The smallest absolute Gasteiger partial charge is 0.406 e. The Morgan fingerprint density at radius 1 is 1.00 bits per heavy atom. The third kappa shape index (κ3) is 3.54. The second kappa shape index (κ2) is 6.44. The first-order chi connectivity index (χ1) is 12.2. The number of nitrogens with zero attached hydrogens (tertiary/aromatic N) is 2. The van der Waals surface area contributed by atoms with E-state index >= 15 is 0 Å². The van der Waals surface area contributed by atoms with Gasteiger partial charge in [-0.3, -0.25) is 9.13 Å². The van der Waals surface area contributed by atoms with Crippen LogP contribution in [0.3, 0.4) is 0 Å². The number of hydrogen-bond donors (Lipinski definition) is 1. The average Bonchev–Trinajstić information content (AvgIpc) is 2.78.